The zero-order chi connectivity index (χ0) is 23.5. The molecule has 0 bridgehead atoms. The number of carboxylic acid groups (broad SMARTS) is 1. The molecule has 3 N–H and O–H groups in total. The minimum Gasteiger partial charge on any atom is -0.478 e. The number of piperidine rings is 1. The molecule has 0 unspecified atom stereocenters. The lowest BCUT2D eigenvalue weighted by Gasteiger charge is -2.28. The number of rotatable bonds is 6. The van der Waals surface area contributed by atoms with Gasteiger partial charge in [0.15, 0.2) is 0 Å². The molecule has 6 heteroatoms. The van der Waals surface area contributed by atoms with Crippen molar-refractivity contribution in [2.24, 2.45) is 5.92 Å². The van der Waals surface area contributed by atoms with Gasteiger partial charge in [-0.05, 0) is 80.6 Å². The number of fused-ring (bicyclic) bond motifs is 1. The molecule has 0 spiro atoms. The van der Waals surface area contributed by atoms with Crippen LogP contribution in [0.1, 0.15) is 72.9 Å². The van der Waals surface area contributed by atoms with Gasteiger partial charge in [0.1, 0.15) is 0 Å². The third-order valence-corrected chi connectivity index (χ3v) is 7.38. The van der Waals surface area contributed by atoms with E-state index in [0.29, 0.717) is 16.8 Å². The number of nitrogens with one attached hydrogen (secondary N) is 2. The van der Waals surface area contributed by atoms with Crippen LogP contribution in [0, 0.1) is 5.92 Å². The van der Waals surface area contributed by atoms with E-state index in [2.05, 4.69) is 39.8 Å². The lowest BCUT2D eigenvalue weighted by atomic mass is 9.84. The highest BCUT2D eigenvalue weighted by atomic mass is 16.4. The molecule has 6 nitrogen and oxygen atoms in total. The quantitative estimate of drug-likeness (QED) is 0.481. The molecule has 0 radical (unpaired) electrons. The summed E-state index contributed by atoms with van der Waals surface area (Å²) in [5.74, 6) is -0.896. The molecule has 0 atom stereocenters. The number of anilines is 2. The number of carbonyl (C=O) groups is 2. The molecule has 34 heavy (non-hydrogen) atoms. The van der Waals surface area contributed by atoms with Gasteiger partial charge < -0.3 is 15.7 Å². The minimum atomic E-state index is -0.988. The molecular formula is C28H33N3O3. The number of benzene rings is 2. The molecular weight excluding hydrogens is 426 g/mol. The first kappa shape index (κ1) is 22.7. The predicted octanol–water partition coefficient (Wildman–Crippen LogP) is 5.73. The Morgan fingerprint density at radius 1 is 0.971 bits per heavy atom. The maximum absolute atomic E-state index is 13.1. The van der Waals surface area contributed by atoms with Crippen LogP contribution in [0.2, 0.25) is 0 Å². The summed E-state index contributed by atoms with van der Waals surface area (Å²) in [5, 5.41) is 16.0. The number of aromatic carboxylic acids is 1. The highest BCUT2D eigenvalue weighted by molar-refractivity contribution is 6.32. The second-order valence-electron chi connectivity index (χ2n) is 9.80. The van der Waals surface area contributed by atoms with Crippen molar-refractivity contribution in [1.82, 2.24) is 4.90 Å². The van der Waals surface area contributed by atoms with Gasteiger partial charge in [-0.25, -0.2) is 4.79 Å². The van der Waals surface area contributed by atoms with Crippen molar-refractivity contribution in [3.05, 3.63) is 64.9 Å². The molecule has 3 aliphatic rings. The summed E-state index contributed by atoms with van der Waals surface area (Å²) in [6.07, 6.45) is 9.46. The summed E-state index contributed by atoms with van der Waals surface area (Å²) < 4.78 is 0. The SMILES string of the molecule is O=C1Nc2ccc(C(=O)O)cc2C1=C(Nc1ccc(CN2CCCCC2)cc1)C1CCCCC1. The number of likely N-dealkylation sites (tertiary alicyclic amines) is 1. The van der Waals surface area contributed by atoms with Crippen LogP contribution >= 0.6 is 0 Å². The van der Waals surface area contributed by atoms with E-state index in [1.165, 1.54) is 44.3 Å². The zero-order valence-electron chi connectivity index (χ0n) is 19.6. The lowest BCUT2D eigenvalue weighted by molar-refractivity contribution is -0.110. The monoisotopic (exact) mass is 459 g/mol. The van der Waals surface area contributed by atoms with Crippen LogP contribution in [0.3, 0.4) is 0 Å². The van der Waals surface area contributed by atoms with Gasteiger partial charge in [-0.3, -0.25) is 9.69 Å². The Bertz CT molecular complexity index is 1090. The van der Waals surface area contributed by atoms with E-state index in [1.807, 2.05) is 0 Å². The van der Waals surface area contributed by atoms with Crippen molar-refractivity contribution in [2.45, 2.75) is 57.9 Å². The molecule has 1 saturated carbocycles. The topological polar surface area (TPSA) is 81.7 Å². The predicted molar refractivity (Wildman–Crippen MR) is 135 cm³/mol. The van der Waals surface area contributed by atoms with Crippen molar-refractivity contribution >= 4 is 28.8 Å². The van der Waals surface area contributed by atoms with E-state index in [0.717, 1.165) is 43.6 Å². The summed E-state index contributed by atoms with van der Waals surface area (Å²) in [4.78, 5) is 27.2. The number of carboxylic acids is 1. The number of carbonyl (C=O) groups excluding carboxylic acids is 1. The van der Waals surface area contributed by atoms with Crippen molar-refractivity contribution < 1.29 is 14.7 Å². The third-order valence-electron chi connectivity index (χ3n) is 7.38. The number of hydrogen-bond acceptors (Lipinski definition) is 4. The molecule has 1 saturated heterocycles. The Morgan fingerprint density at radius 2 is 1.68 bits per heavy atom. The number of nitrogens with zero attached hydrogens (tertiary/aromatic N) is 1. The number of amides is 1. The summed E-state index contributed by atoms with van der Waals surface area (Å²) >= 11 is 0. The first-order valence-electron chi connectivity index (χ1n) is 12.6. The van der Waals surface area contributed by atoms with Gasteiger partial charge in [0.2, 0.25) is 0 Å². The van der Waals surface area contributed by atoms with Crippen LogP contribution < -0.4 is 10.6 Å². The first-order valence-corrected chi connectivity index (χ1v) is 12.6. The Morgan fingerprint density at radius 3 is 2.38 bits per heavy atom. The van der Waals surface area contributed by atoms with Gasteiger partial charge in [0, 0.05) is 29.2 Å². The van der Waals surface area contributed by atoms with Crippen LogP contribution in [0.5, 0.6) is 0 Å². The fourth-order valence-electron chi connectivity index (χ4n) is 5.55. The van der Waals surface area contributed by atoms with Crippen molar-refractivity contribution in [3.63, 3.8) is 0 Å². The molecule has 2 heterocycles. The van der Waals surface area contributed by atoms with Crippen LogP contribution in [-0.2, 0) is 11.3 Å². The second-order valence-corrected chi connectivity index (χ2v) is 9.80. The molecule has 2 aromatic carbocycles. The standard InChI is InChI=1S/C28H33N3O3/c32-27-25(23-17-21(28(33)34)11-14-24(23)30-27)26(20-7-3-1-4-8-20)29-22-12-9-19(10-13-22)18-31-15-5-2-6-16-31/h9-14,17,20,29H,1-8,15-16,18H2,(H,30,32)(H,33,34). The summed E-state index contributed by atoms with van der Waals surface area (Å²) in [7, 11) is 0. The van der Waals surface area contributed by atoms with E-state index < -0.39 is 5.97 Å². The van der Waals surface area contributed by atoms with Gasteiger partial charge >= 0.3 is 5.97 Å². The maximum Gasteiger partial charge on any atom is 0.335 e. The van der Waals surface area contributed by atoms with Gasteiger partial charge in [-0.1, -0.05) is 37.8 Å². The zero-order valence-corrected chi connectivity index (χ0v) is 19.6. The number of hydrogen-bond donors (Lipinski definition) is 3. The Labute approximate surface area is 201 Å². The van der Waals surface area contributed by atoms with E-state index >= 15 is 0 Å². The molecule has 178 valence electrons. The maximum atomic E-state index is 13.1. The van der Waals surface area contributed by atoms with Crippen LogP contribution in [0.15, 0.2) is 48.2 Å². The van der Waals surface area contributed by atoms with Gasteiger partial charge in [0.25, 0.3) is 5.91 Å². The van der Waals surface area contributed by atoms with Crippen molar-refractivity contribution in [2.75, 3.05) is 23.7 Å². The summed E-state index contributed by atoms with van der Waals surface area (Å²) in [5.41, 5.74) is 5.32. The molecule has 1 aliphatic carbocycles. The average Bonchev–Trinajstić information content (AvgIpc) is 3.19. The Kier molecular flexibility index (Phi) is 6.68. The molecule has 0 aromatic heterocycles. The van der Waals surface area contributed by atoms with E-state index in [4.69, 9.17) is 0 Å². The smallest absolute Gasteiger partial charge is 0.335 e. The second kappa shape index (κ2) is 10.0. The lowest BCUT2D eigenvalue weighted by Crippen LogP contribution is -2.29. The molecule has 2 fully saturated rings. The molecule has 5 rings (SSSR count). The third kappa shape index (κ3) is 4.87. The summed E-state index contributed by atoms with van der Waals surface area (Å²) in [6, 6.07) is 13.4. The molecule has 2 aromatic rings. The number of allylic oxidation sites excluding steroid dienone is 1. The van der Waals surface area contributed by atoms with Crippen LogP contribution in [0.25, 0.3) is 5.57 Å². The normalized spacial score (nSPS) is 20.5. The van der Waals surface area contributed by atoms with E-state index in [-0.39, 0.29) is 17.4 Å². The largest absolute Gasteiger partial charge is 0.478 e. The summed E-state index contributed by atoms with van der Waals surface area (Å²) in [6.45, 7) is 3.32. The van der Waals surface area contributed by atoms with E-state index in [9.17, 15) is 14.7 Å². The van der Waals surface area contributed by atoms with Crippen molar-refractivity contribution in [1.29, 1.82) is 0 Å². The average molecular weight is 460 g/mol. The van der Waals surface area contributed by atoms with Crippen molar-refractivity contribution in [3.8, 4) is 0 Å². The van der Waals surface area contributed by atoms with Gasteiger partial charge in [-0.15, -0.1) is 0 Å². The highest BCUT2D eigenvalue weighted by Gasteiger charge is 2.32. The van der Waals surface area contributed by atoms with Gasteiger partial charge in [0.05, 0.1) is 11.1 Å². The Hall–Kier alpha value is -3.12. The fraction of sp³-hybridized carbons (Fsp3) is 0.429. The van der Waals surface area contributed by atoms with E-state index in [1.54, 1.807) is 18.2 Å². The molecule has 1 amide bonds. The minimum absolute atomic E-state index is 0.160. The Balaban J connectivity index is 1.46. The van der Waals surface area contributed by atoms with Crippen LogP contribution in [0.4, 0.5) is 11.4 Å². The highest BCUT2D eigenvalue weighted by Crippen LogP contribution is 2.40. The van der Waals surface area contributed by atoms with Gasteiger partial charge in [-0.2, -0.15) is 0 Å². The first-order chi connectivity index (χ1) is 16.6. The molecule has 2 aliphatic heterocycles. The fourth-order valence-corrected chi connectivity index (χ4v) is 5.55. The van der Waals surface area contributed by atoms with Crippen LogP contribution in [-0.4, -0.2) is 35.0 Å².